The summed E-state index contributed by atoms with van der Waals surface area (Å²) in [5.74, 6) is -1.11. The fraction of sp³-hybridized carbons (Fsp3) is 0.808. The topological polar surface area (TPSA) is 210 Å². The molecule has 1 saturated carbocycles. The maximum Gasteiger partial charge on any atom is 0.472 e. The summed E-state index contributed by atoms with van der Waals surface area (Å²) in [5.41, 5.74) is 0. The average Bonchev–Trinajstić information content (AvgIpc) is 3.30. The molecule has 0 heterocycles. The van der Waals surface area contributed by atoms with Crippen LogP contribution < -0.4 is 0 Å². The second kappa shape index (κ2) is 41.8. The lowest BCUT2D eigenvalue weighted by atomic mass is 9.85. The van der Waals surface area contributed by atoms with E-state index >= 15 is 0 Å². The molecule has 0 amide bonds. The molecule has 0 aromatic heterocycles. The van der Waals surface area contributed by atoms with Crippen molar-refractivity contribution in [3.63, 3.8) is 0 Å². The number of allylic oxidation sites excluding steroid dienone is 8. The van der Waals surface area contributed by atoms with E-state index in [1.165, 1.54) is 89.9 Å². The number of hydrogen-bond donors (Lipinski definition) is 6. The predicted octanol–water partition coefficient (Wildman–Crippen LogP) is 11.1. The highest BCUT2D eigenvalue weighted by Crippen LogP contribution is 2.47. The Morgan fingerprint density at radius 1 is 0.470 bits per heavy atom. The molecule has 0 saturated heterocycles. The van der Waals surface area contributed by atoms with E-state index in [9.17, 15) is 44.6 Å². The zero-order valence-corrected chi connectivity index (χ0v) is 41.9. The van der Waals surface area contributed by atoms with Crippen molar-refractivity contribution in [1.29, 1.82) is 0 Å². The number of phosphoric ester groups is 1. The smallest absolute Gasteiger partial charge is 0.462 e. The van der Waals surface area contributed by atoms with Gasteiger partial charge < -0.3 is 39.9 Å². The van der Waals surface area contributed by atoms with E-state index < -0.39 is 75.7 Å². The van der Waals surface area contributed by atoms with Gasteiger partial charge in [-0.3, -0.25) is 18.6 Å². The summed E-state index contributed by atoms with van der Waals surface area (Å²) in [4.78, 5) is 35.8. The summed E-state index contributed by atoms with van der Waals surface area (Å²) >= 11 is 0. The Kier molecular flexibility index (Phi) is 39.1. The second-order valence-electron chi connectivity index (χ2n) is 18.0. The fourth-order valence-corrected chi connectivity index (χ4v) is 8.67. The van der Waals surface area contributed by atoms with Gasteiger partial charge in [-0.1, -0.05) is 172 Å². The molecule has 0 aromatic rings. The van der Waals surface area contributed by atoms with Crippen LogP contribution in [0.25, 0.3) is 0 Å². The molecule has 6 N–H and O–H groups in total. The molecule has 6 unspecified atom stereocenters. The first-order chi connectivity index (χ1) is 31.9. The summed E-state index contributed by atoms with van der Waals surface area (Å²) in [6, 6.07) is 0. The second-order valence-corrected chi connectivity index (χ2v) is 19.4. The van der Waals surface area contributed by atoms with Crippen molar-refractivity contribution in [2.24, 2.45) is 0 Å². The summed E-state index contributed by atoms with van der Waals surface area (Å²) in [6.45, 7) is 3.27. The quantitative estimate of drug-likeness (QED) is 0.0146. The molecular formula is C52H93O13P. The summed E-state index contributed by atoms with van der Waals surface area (Å²) < 4.78 is 33.6. The highest BCUT2D eigenvalue weighted by molar-refractivity contribution is 7.47. The fourth-order valence-electron chi connectivity index (χ4n) is 7.70. The lowest BCUT2D eigenvalue weighted by molar-refractivity contribution is -0.220. The van der Waals surface area contributed by atoms with Crippen LogP contribution in [0.5, 0.6) is 0 Å². The Balaban J connectivity index is 2.41. The van der Waals surface area contributed by atoms with Gasteiger partial charge in [-0.15, -0.1) is 0 Å². The van der Waals surface area contributed by atoms with E-state index in [1.54, 1.807) is 0 Å². The van der Waals surface area contributed by atoms with Crippen molar-refractivity contribution in [3.8, 4) is 0 Å². The number of aliphatic hydroxyl groups excluding tert-OH is 5. The Labute approximate surface area is 399 Å². The van der Waals surface area contributed by atoms with Crippen LogP contribution >= 0.6 is 7.82 Å². The Morgan fingerprint density at radius 2 is 0.818 bits per heavy atom. The number of unbranched alkanes of at least 4 members (excludes halogenated alkanes) is 23. The Hall–Kier alpha value is -2.19. The van der Waals surface area contributed by atoms with Gasteiger partial charge in [0.2, 0.25) is 0 Å². The van der Waals surface area contributed by atoms with Gasteiger partial charge in [0.05, 0.1) is 6.61 Å². The first-order valence-electron chi connectivity index (χ1n) is 25.9. The Bertz CT molecular complexity index is 1340. The van der Waals surface area contributed by atoms with Gasteiger partial charge in [-0.25, -0.2) is 4.57 Å². The number of rotatable bonds is 43. The van der Waals surface area contributed by atoms with E-state index in [-0.39, 0.29) is 12.8 Å². The molecule has 384 valence electrons. The van der Waals surface area contributed by atoms with Gasteiger partial charge in [-0.05, 0) is 77.0 Å². The predicted molar refractivity (Wildman–Crippen MR) is 263 cm³/mol. The maximum absolute atomic E-state index is 12.9. The molecule has 1 aliphatic rings. The summed E-state index contributed by atoms with van der Waals surface area (Å²) in [7, 11) is -5.13. The summed E-state index contributed by atoms with van der Waals surface area (Å²) in [5, 5.41) is 50.3. The first kappa shape index (κ1) is 61.8. The van der Waals surface area contributed by atoms with Gasteiger partial charge in [0.15, 0.2) is 6.10 Å². The van der Waals surface area contributed by atoms with Gasteiger partial charge in [0.25, 0.3) is 0 Å². The number of aliphatic hydroxyl groups is 5. The van der Waals surface area contributed by atoms with Crippen LogP contribution in [0.1, 0.15) is 213 Å². The Morgan fingerprint density at radius 3 is 1.26 bits per heavy atom. The molecule has 0 radical (unpaired) electrons. The van der Waals surface area contributed by atoms with Crippen LogP contribution in [-0.2, 0) is 32.7 Å². The van der Waals surface area contributed by atoms with Crippen LogP contribution in [-0.4, -0.2) is 98.3 Å². The normalized spacial score (nSPS) is 21.6. The molecule has 0 aliphatic heterocycles. The van der Waals surface area contributed by atoms with E-state index in [0.717, 1.165) is 83.5 Å². The zero-order chi connectivity index (χ0) is 48.5. The summed E-state index contributed by atoms with van der Waals surface area (Å²) in [6.07, 6.45) is 37.2. The van der Waals surface area contributed by atoms with Crippen LogP contribution in [0.15, 0.2) is 48.6 Å². The first-order valence-corrected chi connectivity index (χ1v) is 27.4. The largest absolute Gasteiger partial charge is 0.472 e. The van der Waals surface area contributed by atoms with Crippen LogP contribution in [0.2, 0.25) is 0 Å². The van der Waals surface area contributed by atoms with Gasteiger partial charge in [0, 0.05) is 12.8 Å². The zero-order valence-electron chi connectivity index (χ0n) is 41.0. The monoisotopic (exact) mass is 957 g/mol. The molecular weight excluding hydrogens is 864 g/mol. The molecule has 66 heavy (non-hydrogen) atoms. The minimum Gasteiger partial charge on any atom is -0.462 e. The molecule has 1 aliphatic carbocycles. The van der Waals surface area contributed by atoms with Crippen molar-refractivity contribution in [3.05, 3.63) is 48.6 Å². The maximum atomic E-state index is 12.9. The average molecular weight is 957 g/mol. The van der Waals surface area contributed by atoms with Gasteiger partial charge >= 0.3 is 19.8 Å². The lowest BCUT2D eigenvalue weighted by Gasteiger charge is -2.41. The van der Waals surface area contributed by atoms with Crippen LogP contribution in [0.3, 0.4) is 0 Å². The number of esters is 2. The van der Waals surface area contributed by atoms with Crippen molar-refractivity contribution in [2.45, 2.75) is 256 Å². The van der Waals surface area contributed by atoms with Crippen LogP contribution in [0, 0.1) is 0 Å². The minimum atomic E-state index is -5.13. The standard InChI is InChI=1S/C52H93O13P/c1-3-5-7-9-11-13-15-17-19-21-23-25-27-29-31-33-35-37-39-41-46(54)64-44(43-63-66(60,61)65-52-50(58)48(56)47(55)49(57)51(52)59)42-62-45(53)40-38-36-34-32-30-28-26-24-22-20-18-16-14-12-10-8-6-4-2/h11,13-14,16-17,19-20,22,44,47-52,55-59H,3-10,12,15,18,21,23-43H2,1-2H3,(H,60,61)/b13-11-,16-14-,19-17-,22-20-. The lowest BCUT2D eigenvalue weighted by Crippen LogP contribution is -2.64. The van der Waals surface area contributed by atoms with Crippen LogP contribution in [0.4, 0.5) is 0 Å². The molecule has 6 atom stereocenters. The molecule has 0 aromatic carbocycles. The number of phosphoric acid groups is 1. The van der Waals surface area contributed by atoms with Crippen molar-refractivity contribution in [1.82, 2.24) is 0 Å². The molecule has 1 fully saturated rings. The number of carbonyl (C=O) groups is 2. The van der Waals surface area contributed by atoms with Crippen molar-refractivity contribution in [2.75, 3.05) is 13.2 Å². The van der Waals surface area contributed by atoms with Gasteiger partial charge in [-0.2, -0.15) is 0 Å². The third-order valence-corrected chi connectivity index (χ3v) is 12.9. The molecule has 1 rings (SSSR count). The molecule has 0 bridgehead atoms. The molecule has 14 heteroatoms. The molecule has 13 nitrogen and oxygen atoms in total. The van der Waals surface area contributed by atoms with Gasteiger partial charge in [0.1, 0.15) is 43.2 Å². The van der Waals surface area contributed by atoms with Crippen molar-refractivity contribution >= 4 is 19.8 Å². The highest BCUT2D eigenvalue weighted by Gasteiger charge is 2.51. The number of carbonyl (C=O) groups excluding carboxylic acids is 2. The third kappa shape index (κ3) is 33.3. The van der Waals surface area contributed by atoms with E-state index in [2.05, 4.69) is 62.5 Å². The number of hydrogen-bond acceptors (Lipinski definition) is 12. The van der Waals surface area contributed by atoms with Crippen molar-refractivity contribution < 1.29 is 63.1 Å². The SMILES string of the molecule is CCCCC/C=C\C/C=C\CCCCCCCCCCCC(=O)OC(COC(=O)CCCCCCCCC/C=C\C/C=C\CCCCCC)COP(=O)(O)OC1C(O)C(O)C(O)C(O)C1O. The number of ether oxygens (including phenoxy) is 2. The van der Waals surface area contributed by atoms with E-state index in [4.69, 9.17) is 18.5 Å². The highest BCUT2D eigenvalue weighted by atomic mass is 31.2. The molecule has 0 spiro atoms. The van der Waals surface area contributed by atoms with E-state index in [1.807, 2.05) is 0 Å². The van der Waals surface area contributed by atoms with E-state index in [0.29, 0.717) is 12.8 Å². The minimum absolute atomic E-state index is 0.0894. The third-order valence-electron chi connectivity index (χ3n) is 11.9.